The van der Waals surface area contributed by atoms with Gasteiger partial charge in [-0.2, -0.15) is 0 Å². The summed E-state index contributed by atoms with van der Waals surface area (Å²) in [4.78, 5) is 47.8. The number of oxime groups is 1. The number of aromatic nitrogens is 3. The smallest absolute Gasteiger partial charge is 0.543 e. The summed E-state index contributed by atoms with van der Waals surface area (Å²) in [7, 11) is 1.26. The van der Waals surface area contributed by atoms with Gasteiger partial charge in [0, 0.05) is 22.4 Å². The first-order chi connectivity index (χ1) is 19.2. The van der Waals surface area contributed by atoms with E-state index in [0.717, 1.165) is 16.2 Å². The van der Waals surface area contributed by atoms with Gasteiger partial charge in [-0.3, -0.25) is 14.5 Å². The fraction of sp³-hybridized carbons (Fsp3) is 0.227. The van der Waals surface area contributed by atoms with E-state index in [0.29, 0.717) is 20.5 Å². The van der Waals surface area contributed by atoms with Gasteiger partial charge < -0.3 is 36.0 Å². The molecule has 1 aromatic carbocycles. The van der Waals surface area contributed by atoms with Crippen LogP contribution in [0.4, 0.5) is 5.13 Å². The summed E-state index contributed by atoms with van der Waals surface area (Å²) in [6, 6.07) is 3.29. The minimum atomic E-state index is -1.50. The Morgan fingerprint density at radius 1 is 1.32 bits per heavy atom. The molecule has 5 N–H and O–H groups in total. The summed E-state index contributed by atoms with van der Waals surface area (Å²) in [5.74, 6) is -2.90. The van der Waals surface area contributed by atoms with E-state index in [-0.39, 0.29) is 74.8 Å². The number of fused-ring (bicyclic) bond motifs is 1. The molecule has 5 rings (SSSR count). The second kappa shape index (κ2) is 13.0. The number of carboxylic acid groups (broad SMARTS) is 1. The van der Waals surface area contributed by atoms with E-state index in [1.54, 1.807) is 6.07 Å². The molecular weight excluding hydrogens is 626 g/mol. The number of thioether (sulfide) groups is 2. The number of nitrogens with zero attached hydrogens (tertiary/aromatic N) is 5. The van der Waals surface area contributed by atoms with E-state index in [2.05, 4.69) is 25.7 Å². The largest absolute Gasteiger partial charge is 1.00 e. The monoisotopic (exact) mass is 643 g/mol. The van der Waals surface area contributed by atoms with E-state index in [4.69, 9.17) is 10.6 Å². The molecule has 3 aromatic rings. The van der Waals surface area contributed by atoms with Crippen LogP contribution in [0.25, 0.3) is 10.6 Å². The van der Waals surface area contributed by atoms with Gasteiger partial charge in [-0.05, 0) is 23.8 Å². The van der Waals surface area contributed by atoms with Crippen LogP contribution in [0, 0.1) is 0 Å². The minimum Gasteiger partial charge on any atom is -0.543 e. The van der Waals surface area contributed by atoms with Gasteiger partial charge in [0.1, 0.15) is 29.2 Å². The van der Waals surface area contributed by atoms with Gasteiger partial charge in [0.15, 0.2) is 26.7 Å². The molecule has 1 saturated heterocycles. The molecule has 2 atom stereocenters. The van der Waals surface area contributed by atoms with E-state index in [9.17, 15) is 29.7 Å². The summed E-state index contributed by atoms with van der Waals surface area (Å²) >= 11 is 4.86. The van der Waals surface area contributed by atoms with E-state index >= 15 is 0 Å². The molecule has 41 heavy (non-hydrogen) atoms. The first-order valence-electron chi connectivity index (χ1n) is 11.2. The third-order valence-electron chi connectivity index (χ3n) is 5.69. The van der Waals surface area contributed by atoms with Gasteiger partial charge in [-0.25, -0.2) is 4.98 Å². The molecule has 2 amide bonds. The maximum atomic E-state index is 13.0. The zero-order chi connectivity index (χ0) is 28.6. The van der Waals surface area contributed by atoms with Gasteiger partial charge in [0.25, 0.3) is 11.8 Å². The van der Waals surface area contributed by atoms with E-state index < -0.39 is 29.2 Å². The predicted octanol–water partition coefficient (Wildman–Crippen LogP) is -2.79. The fourth-order valence-corrected chi connectivity index (χ4v) is 7.76. The quantitative estimate of drug-likeness (QED) is 0.0464. The molecule has 2 aliphatic heterocycles. The molecule has 0 aliphatic carbocycles. The predicted molar refractivity (Wildman–Crippen MR) is 147 cm³/mol. The number of aromatic hydroxyl groups is 2. The number of β-lactam (4-membered cyclic amide) rings is 1. The number of carbonyl (C=O) groups is 3. The summed E-state index contributed by atoms with van der Waals surface area (Å²) < 4.78 is 0.535. The van der Waals surface area contributed by atoms with Crippen molar-refractivity contribution in [3.05, 3.63) is 40.5 Å². The summed E-state index contributed by atoms with van der Waals surface area (Å²) in [5, 5.41) is 47.4. The number of anilines is 1. The number of amides is 2. The molecule has 2 aliphatic rings. The third-order valence-corrected chi connectivity index (χ3v) is 9.89. The molecule has 0 saturated carbocycles. The minimum absolute atomic E-state index is 0. The molecule has 0 spiro atoms. The first-order valence-corrected chi connectivity index (χ1v) is 14.9. The number of nitrogens with one attached hydrogen (secondary N) is 1. The van der Waals surface area contributed by atoms with Gasteiger partial charge >= 0.3 is 29.6 Å². The maximum absolute atomic E-state index is 13.0. The van der Waals surface area contributed by atoms with Crippen LogP contribution in [-0.2, 0) is 19.2 Å². The molecular formula is C22H18N7NaO7S4. The van der Waals surface area contributed by atoms with Crippen molar-refractivity contribution in [2.24, 2.45) is 5.16 Å². The van der Waals surface area contributed by atoms with Crippen molar-refractivity contribution in [3.63, 3.8) is 0 Å². The van der Waals surface area contributed by atoms with Crippen LogP contribution >= 0.6 is 46.2 Å². The van der Waals surface area contributed by atoms with Crippen molar-refractivity contribution < 1.29 is 64.1 Å². The van der Waals surface area contributed by atoms with Crippen LogP contribution < -0.4 is 45.7 Å². The van der Waals surface area contributed by atoms with Crippen molar-refractivity contribution in [2.75, 3.05) is 24.3 Å². The number of hydrogen-bond acceptors (Lipinski definition) is 16. The molecule has 1 fully saturated rings. The van der Waals surface area contributed by atoms with Crippen molar-refractivity contribution >= 4 is 74.8 Å². The van der Waals surface area contributed by atoms with Crippen LogP contribution in [0.3, 0.4) is 0 Å². The normalized spacial score (nSPS) is 18.3. The van der Waals surface area contributed by atoms with Gasteiger partial charge in [-0.15, -0.1) is 33.3 Å². The Bertz CT molecular complexity index is 1580. The molecule has 0 bridgehead atoms. The van der Waals surface area contributed by atoms with Gasteiger partial charge in [0.2, 0.25) is 0 Å². The topological polar surface area (TPSA) is 216 Å². The first kappa shape index (κ1) is 31.1. The molecule has 208 valence electrons. The Morgan fingerprint density at radius 3 is 2.76 bits per heavy atom. The van der Waals surface area contributed by atoms with Crippen molar-refractivity contribution in [2.45, 2.75) is 15.8 Å². The van der Waals surface area contributed by atoms with Crippen LogP contribution in [0.2, 0.25) is 0 Å². The zero-order valence-electron chi connectivity index (χ0n) is 21.3. The molecule has 14 nitrogen and oxygen atoms in total. The van der Waals surface area contributed by atoms with Crippen LogP contribution in [0.5, 0.6) is 11.5 Å². The number of hydrogen-bond donors (Lipinski definition) is 4. The molecule has 0 radical (unpaired) electrons. The fourth-order valence-electron chi connectivity index (χ4n) is 3.87. The molecule has 2 aromatic heterocycles. The number of nitrogens with two attached hydrogens (primary N) is 1. The second-order valence-electron chi connectivity index (χ2n) is 8.16. The molecule has 4 heterocycles. The Labute approximate surface area is 270 Å². The van der Waals surface area contributed by atoms with Crippen molar-refractivity contribution in [1.29, 1.82) is 0 Å². The number of carbonyl (C=O) groups excluding carboxylic acids is 3. The number of phenolic OH excluding ortho intramolecular Hbond substituents is 2. The van der Waals surface area contributed by atoms with Crippen molar-refractivity contribution in [1.82, 2.24) is 25.4 Å². The standard InChI is InChI=1S/C22H19N7O7S4.Na/c1-36-28-13(10-7-38-21(23)24-10)16(32)25-14-18(33)29-15(20(34)35)9(5-37-19(14)29)6-39-22-27-26-17(40-22)8-2-3-11(30)12(31)4-8;/h2-4,7,14,19,30-31H,5-6H2,1H3,(H2,23,24)(H,25,32)(H,34,35);/q;+1/p-1/t14-,19+;/m1./s1. The number of benzene rings is 1. The second-order valence-corrected chi connectivity index (χ2v) is 12.4. The number of phenols is 2. The summed E-state index contributed by atoms with van der Waals surface area (Å²) in [6.45, 7) is 0. The van der Waals surface area contributed by atoms with Crippen LogP contribution in [-0.4, -0.2) is 83.8 Å². The van der Waals surface area contributed by atoms with Gasteiger partial charge in [0.05, 0.1) is 11.7 Å². The molecule has 19 heteroatoms. The van der Waals surface area contributed by atoms with Crippen LogP contribution in [0.15, 0.2) is 44.3 Å². The average Bonchev–Trinajstić information content (AvgIpc) is 3.59. The number of aliphatic carboxylic acids is 1. The Hall–Kier alpha value is -2.87. The Morgan fingerprint density at radius 2 is 2.10 bits per heavy atom. The number of rotatable bonds is 9. The van der Waals surface area contributed by atoms with Crippen LogP contribution in [0.1, 0.15) is 5.69 Å². The van der Waals surface area contributed by atoms with Gasteiger partial charge in [-0.1, -0.05) is 28.3 Å². The SMILES string of the molecule is CON=C(C(=O)N[C@@H]1C(=O)N2C(C(=O)[O-])=C(CSc3nnc(-c4ccc(O)c(O)c4)s3)CS[C@@H]12)c1csc(N)n1.[Na+]. The maximum Gasteiger partial charge on any atom is 1.00 e. The summed E-state index contributed by atoms with van der Waals surface area (Å²) in [5.41, 5.74) is 6.43. The zero-order valence-corrected chi connectivity index (χ0v) is 26.5. The third kappa shape index (κ3) is 6.32. The number of nitrogen functional groups attached to an aromatic ring is 1. The average molecular weight is 644 g/mol. The van der Waals surface area contributed by atoms with E-state index in [1.165, 1.54) is 59.5 Å². The Kier molecular flexibility index (Phi) is 9.83. The van der Waals surface area contributed by atoms with Crippen molar-refractivity contribution in [3.8, 4) is 22.1 Å². The number of carboxylic acids is 1. The molecule has 0 unspecified atom stereocenters. The summed E-state index contributed by atoms with van der Waals surface area (Å²) in [6.07, 6.45) is 0. The van der Waals surface area contributed by atoms with E-state index in [1.807, 2.05) is 0 Å². The number of thiazole rings is 1. The Balaban J connectivity index is 0.00000387.